The molecule has 53 heavy (non-hydrogen) atoms. The summed E-state index contributed by atoms with van der Waals surface area (Å²) in [5.41, 5.74) is 0.333. The Labute approximate surface area is 318 Å². The maximum atomic E-state index is 13.1. The van der Waals surface area contributed by atoms with E-state index in [9.17, 15) is 34.4 Å². The molecule has 7 atom stereocenters. The molecular formula is C38H71N2O12P. The van der Waals surface area contributed by atoms with E-state index in [4.69, 9.17) is 23.3 Å². The Hall–Kier alpha value is -1.29. The summed E-state index contributed by atoms with van der Waals surface area (Å²) < 4.78 is 41.0. The molecule has 0 radical (unpaired) electrons. The molecule has 14 nitrogen and oxygen atoms in total. The van der Waals surface area contributed by atoms with Crippen molar-refractivity contribution in [2.45, 2.75) is 160 Å². The van der Waals surface area contributed by atoms with Gasteiger partial charge >= 0.3 is 0 Å². The zero-order valence-electron chi connectivity index (χ0n) is 33.4. The van der Waals surface area contributed by atoms with Gasteiger partial charge in [-0.1, -0.05) is 103 Å². The van der Waals surface area contributed by atoms with Crippen molar-refractivity contribution in [2.75, 3.05) is 60.7 Å². The third kappa shape index (κ3) is 17.6. The van der Waals surface area contributed by atoms with Crippen molar-refractivity contribution >= 4 is 19.6 Å². The number of rotatable bonds is 30. The van der Waals surface area contributed by atoms with Crippen LogP contribution >= 0.6 is 7.82 Å². The largest absolute Gasteiger partial charge is 0.756 e. The van der Waals surface area contributed by atoms with Gasteiger partial charge in [-0.2, -0.15) is 0 Å². The van der Waals surface area contributed by atoms with Crippen molar-refractivity contribution in [2.24, 2.45) is 0 Å². The average Bonchev–Trinajstić information content (AvgIpc) is 3.28. The van der Waals surface area contributed by atoms with Gasteiger partial charge in [-0.25, -0.2) is 0 Å². The number of phosphoric ester groups is 1. The molecule has 0 aromatic heterocycles. The fourth-order valence-electron chi connectivity index (χ4n) is 6.42. The minimum Gasteiger partial charge on any atom is -0.756 e. The van der Waals surface area contributed by atoms with Crippen LogP contribution in [0.1, 0.15) is 124 Å². The first kappa shape index (κ1) is 47.9. The number of hydrogen-bond acceptors (Lipinski definition) is 12. The summed E-state index contributed by atoms with van der Waals surface area (Å²) in [6, 6.07) is -1.51. The van der Waals surface area contributed by atoms with E-state index >= 15 is 0 Å². The summed E-state index contributed by atoms with van der Waals surface area (Å²) in [7, 11) is 0.901. The molecule has 0 aromatic carbocycles. The minimum absolute atomic E-state index is 0.105. The Balaban J connectivity index is 1.90. The molecule has 1 fully saturated rings. The Morgan fingerprint density at radius 2 is 1.26 bits per heavy atom. The number of carbonyl (C=O) groups is 2. The Morgan fingerprint density at radius 3 is 1.74 bits per heavy atom. The maximum absolute atomic E-state index is 13.1. The van der Waals surface area contributed by atoms with E-state index in [-0.39, 0.29) is 24.4 Å². The fourth-order valence-corrected chi connectivity index (χ4v) is 7.15. The SMILES string of the molecule is CCCCCCCCCCCCCCCCCCOC[C@H](COP(=O)([O-])OCC[N+](C)(C)C)O[C@@H]1O[C@H](CO)[C@@H](O)[C@H](O)[C@H]1N1C(=O)C(C)=C(C)C1=O. The molecule has 0 aliphatic carbocycles. The molecule has 310 valence electrons. The molecule has 1 saturated heterocycles. The van der Waals surface area contributed by atoms with Crippen LogP contribution in [0.4, 0.5) is 0 Å². The van der Waals surface area contributed by atoms with E-state index in [1.54, 1.807) is 0 Å². The molecule has 2 heterocycles. The topological polar surface area (TPSA) is 184 Å². The van der Waals surface area contributed by atoms with E-state index in [1.165, 1.54) is 90.9 Å². The molecule has 1 unspecified atom stereocenters. The lowest BCUT2D eigenvalue weighted by Gasteiger charge is -2.45. The average molecular weight is 779 g/mol. The molecule has 3 N–H and O–H groups in total. The zero-order valence-corrected chi connectivity index (χ0v) is 34.3. The van der Waals surface area contributed by atoms with Gasteiger partial charge in [-0.3, -0.25) is 19.1 Å². The number of imide groups is 1. The van der Waals surface area contributed by atoms with Crippen LogP contribution in [0.5, 0.6) is 0 Å². The first-order valence-electron chi connectivity index (χ1n) is 19.9. The zero-order chi connectivity index (χ0) is 39.4. The predicted molar refractivity (Wildman–Crippen MR) is 199 cm³/mol. The van der Waals surface area contributed by atoms with E-state index in [2.05, 4.69) is 6.92 Å². The maximum Gasteiger partial charge on any atom is 0.268 e. The van der Waals surface area contributed by atoms with Gasteiger partial charge in [-0.15, -0.1) is 0 Å². The van der Waals surface area contributed by atoms with Crippen molar-refractivity contribution in [3.05, 3.63) is 11.1 Å². The third-order valence-corrected chi connectivity index (χ3v) is 11.0. The molecular weight excluding hydrogens is 707 g/mol. The van der Waals surface area contributed by atoms with Crippen molar-refractivity contribution in [1.82, 2.24) is 4.90 Å². The lowest BCUT2D eigenvalue weighted by atomic mass is 9.95. The Kier molecular flexibility index (Phi) is 22.6. The standard InChI is InChI=1S/C38H71N2O12P/c1-7-8-9-10-11-12-13-14-15-16-17-18-19-20-21-22-24-48-27-31(28-50-53(46,47)49-25-23-40(4,5)6)51-38-33(35(43)34(42)32(26-41)52-38)39-36(44)29(2)30(3)37(39)45/h31-35,38,41-43H,7-28H2,1-6H3/t31-,32-,33-,34-,35-,38-/m1/s1. The second kappa shape index (κ2) is 25.1. The van der Waals surface area contributed by atoms with Crippen LogP contribution in [-0.4, -0.2) is 134 Å². The molecule has 0 spiro atoms. The number of carbonyl (C=O) groups excluding carboxylic acids is 2. The molecule has 0 saturated carbocycles. The van der Waals surface area contributed by atoms with E-state index in [1.807, 2.05) is 21.1 Å². The summed E-state index contributed by atoms with van der Waals surface area (Å²) in [6.07, 6.45) is 12.5. The van der Waals surface area contributed by atoms with Crippen LogP contribution in [0, 0.1) is 0 Å². The number of amides is 2. The summed E-state index contributed by atoms with van der Waals surface area (Å²) in [6.45, 7) is 4.46. The van der Waals surface area contributed by atoms with Crippen molar-refractivity contribution < 1.29 is 62.1 Å². The highest BCUT2D eigenvalue weighted by Gasteiger charge is 2.53. The van der Waals surface area contributed by atoms with E-state index in [0.717, 1.165) is 30.6 Å². The quantitative estimate of drug-likeness (QED) is 0.0406. The highest BCUT2D eigenvalue weighted by Crippen LogP contribution is 2.39. The molecule has 0 aromatic rings. The van der Waals surface area contributed by atoms with Crippen LogP contribution in [0.2, 0.25) is 0 Å². The molecule has 0 bridgehead atoms. The fraction of sp³-hybridized carbons (Fsp3) is 0.895. The first-order valence-corrected chi connectivity index (χ1v) is 21.4. The highest BCUT2D eigenvalue weighted by atomic mass is 31.2. The Morgan fingerprint density at radius 1 is 0.774 bits per heavy atom. The summed E-state index contributed by atoms with van der Waals surface area (Å²) in [4.78, 5) is 39.6. The summed E-state index contributed by atoms with van der Waals surface area (Å²) in [5, 5.41) is 31.6. The van der Waals surface area contributed by atoms with Crippen LogP contribution in [-0.2, 0) is 37.4 Å². The number of phosphoric acid groups is 1. The monoisotopic (exact) mass is 778 g/mol. The van der Waals surface area contributed by atoms with Gasteiger partial charge < -0.3 is 48.0 Å². The number of unbranched alkanes of at least 4 members (excludes halogenated alkanes) is 15. The summed E-state index contributed by atoms with van der Waals surface area (Å²) in [5.74, 6) is -1.38. The van der Waals surface area contributed by atoms with Crippen LogP contribution in [0.15, 0.2) is 11.1 Å². The van der Waals surface area contributed by atoms with Crippen LogP contribution in [0.25, 0.3) is 0 Å². The van der Waals surface area contributed by atoms with Gasteiger partial charge in [0.1, 0.15) is 43.6 Å². The lowest BCUT2D eigenvalue weighted by molar-refractivity contribution is -0.870. The van der Waals surface area contributed by atoms with Gasteiger partial charge in [0.15, 0.2) is 6.29 Å². The van der Waals surface area contributed by atoms with Crippen molar-refractivity contribution in [3.63, 3.8) is 0 Å². The molecule has 15 heteroatoms. The van der Waals surface area contributed by atoms with E-state index < -0.39 is 69.6 Å². The molecule has 2 aliphatic rings. The number of quaternary nitrogens is 1. The van der Waals surface area contributed by atoms with Gasteiger partial charge in [0.25, 0.3) is 19.6 Å². The van der Waals surface area contributed by atoms with Gasteiger partial charge in [-0.05, 0) is 20.3 Å². The van der Waals surface area contributed by atoms with Crippen LogP contribution < -0.4 is 4.89 Å². The number of aliphatic hydroxyl groups excluding tert-OH is 3. The van der Waals surface area contributed by atoms with Gasteiger partial charge in [0.05, 0.1) is 41.0 Å². The number of ether oxygens (including phenoxy) is 3. The second-order valence-corrected chi connectivity index (χ2v) is 17.1. The van der Waals surface area contributed by atoms with Crippen molar-refractivity contribution in [1.29, 1.82) is 0 Å². The number of nitrogens with zero attached hydrogens (tertiary/aromatic N) is 2. The predicted octanol–water partition coefficient (Wildman–Crippen LogP) is 4.37. The molecule has 2 rings (SSSR count). The minimum atomic E-state index is -4.77. The van der Waals surface area contributed by atoms with Crippen molar-refractivity contribution in [3.8, 4) is 0 Å². The normalized spacial score (nSPS) is 24.3. The smallest absolute Gasteiger partial charge is 0.268 e. The lowest BCUT2D eigenvalue weighted by Crippen LogP contribution is -2.66. The molecule has 2 amide bonds. The van der Waals surface area contributed by atoms with Crippen LogP contribution in [0.3, 0.4) is 0 Å². The first-order chi connectivity index (χ1) is 25.1. The number of likely N-dealkylation sites (N-methyl/N-ethyl adjacent to an activating group) is 1. The number of aliphatic hydroxyl groups is 3. The number of hydrogen-bond donors (Lipinski definition) is 3. The Bertz CT molecular complexity index is 1120. The van der Waals surface area contributed by atoms with E-state index in [0.29, 0.717) is 17.6 Å². The summed E-state index contributed by atoms with van der Waals surface area (Å²) >= 11 is 0. The highest BCUT2D eigenvalue weighted by molar-refractivity contribution is 7.45. The second-order valence-electron chi connectivity index (χ2n) is 15.7. The van der Waals surface area contributed by atoms with Gasteiger partial charge in [0.2, 0.25) is 0 Å². The third-order valence-electron chi connectivity index (χ3n) is 9.99. The van der Waals surface area contributed by atoms with Gasteiger partial charge in [0, 0.05) is 17.8 Å². The molecule has 2 aliphatic heterocycles.